The van der Waals surface area contributed by atoms with Crippen molar-refractivity contribution in [2.45, 2.75) is 31.0 Å². The number of carbonyl (C=O) groups is 1. The number of rotatable bonds is 3. The Labute approximate surface area is 105 Å². The molecule has 2 aliphatic heterocycles. The molecular weight excluding hydrogens is 232 g/mol. The van der Waals surface area contributed by atoms with Gasteiger partial charge in [-0.05, 0) is 30.5 Å². The van der Waals surface area contributed by atoms with Gasteiger partial charge in [0, 0.05) is 6.42 Å². The SMILES string of the molecule is CC12C=C(O)C(CCC(=O)O)(O1)c1ccccc12. The summed E-state index contributed by atoms with van der Waals surface area (Å²) in [7, 11) is 0. The van der Waals surface area contributed by atoms with Crippen LogP contribution in [0.4, 0.5) is 0 Å². The minimum Gasteiger partial charge on any atom is -0.509 e. The number of aliphatic hydroxyl groups excluding tert-OH is 1. The molecule has 2 unspecified atom stereocenters. The quantitative estimate of drug-likeness (QED) is 0.859. The molecule has 2 aliphatic rings. The fraction of sp³-hybridized carbons (Fsp3) is 0.357. The first-order valence-electron chi connectivity index (χ1n) is 5.92. The molecule has 1 aromatic carbocycles. The van der Waals surface area contributed by atoms with E-state index >= 15 is 0 Å². The van der Waals surface area contributed by atoms with Gasteiger partial charge >= 0.3 is 5.97 Å². The van der Waals surface area contributed by atoms with Crippen molar-refractivity contribution < 1.29 is 19.7 Å². The molecule has 1 aromatic rings. The van der Waals surface area contributed by atoms with Crippen LogP contribution in [0.3, 0.4) is 0 Å². The lowest BCUT2D eigenvalue weighted by Crippen LogP contribution is -2.27. The fourth-order valence-corrected chi connectivity index (χ4v) is 3.01. The van der Waals surface area contributed by atoms with E-state index in [0.717, 1.165) is 11.1 Å². The number of hydrogen-bond acceptors (Lipinski definition) is 3. The van der Waals surface area contributed by atoms with E-state index in [2.05, 4.69) is 0 Å². The first-order valence-corrected chi connectivity index (χ1v) is 5.92. The standard InChI is InChI=1S/C14H14O4/c1-13-8-11(15)14(18-13,7-6-12(16)17)10-5-3-2-4-9(10)13/h2-5,8,15H,6-7H2,1H3,(H,16,17). The molecule has 4 nitrogen and oxygen atoms in total. The van der Waals surface area contributed by atoms with Crippen LogP contribution in [0.25, 0.3) is 0 Å². The third-order valence-corrected chi connectivity index (χ3v) is 3.80. The highest BCUT2D eigenvalue weighted by Crippen LogP contribution is 2.58. The second kappa shape index (κ2) is 3.36. The van der Waals surface area contributed by atoms with E-state index in [1.54, 1.807) is 6.08 Å². The van der Waals surface area contributed by atoms with Crippen molar-refractivity contribution in [1.29, 1.82) is 0 Å². The van der Waals surface area contributed by atoms with E-state index in [4.69, 9.17) is 9.84 Å². The zero-order valence-corrected chi connectivity index (χ0v) is 10.0. The van der Waals surface area contributed by atoms with Gasteiger partial charge in [-0.25, -0.2) is 0 Å². The van der Waals surface area contributed by atoms with Gasteiger partial charge in [-0.2, -0.15) is 0 Å². The number of aliphatic hydroxyl groups is 1. The van der Waals surface area contributed by atoms with E-state index < -0.39 is 17.2 Å². The Hall–Kier alpha value is -1.81. The Morgan fingerprint density at radius 3 is 2.67 bits per heavy atom. The van der Waals surface area contributed by atoms with Gasteiger partial charge in [-0.3, -0.25) is 4.79 Å². The maximum Gasteiger partial charge on any atom is 0.303 e. The summed E-state index contributed by atoms with van der Waals surface area (Å²) in [5, 5.41) is 19.0. The molecule has 94 valence electrons. The zero-order valence-electron chi connectivity index (χ0n) is 10.0. The van der Waals surface area contributed by atoms with Crippen molar-refractivity contribution in [3.8, 4) is 0 Å². The molecule has 2 bridgehead atoms. The van der Waals surface area contributed by atoms with Crippen LogP contribution in [0.15, 0.2) is 36.1 Å². The highest BCUT2D eigenvalue weighted by molar-refractivity contribution is 5.67. The maximum absolute atomic E-state index is 10.8. The molecule has 0 saturated heterocycles. The van der Waals surface area contributed by atoms with Gasteiger partial charge in [0.25, 0.3) is 0 Å². The normalized spacial score (nSPS) is 32.2. The van der Waals surface area contributed by atoms with Crippen LogP contribution >= 0.6 is 0 Å². The Morgan fingerprint density at radius 2 is 2.00 bits per heavy atom. The lowest BCUT2D eigenvalue weighted by molar-refractivity contribution is -0.140. The number of carboxylic acid groups (broad SMARTS) is 1. The highest BCUT2D eigenvalue weighted by atomic mass is 16.5. The number of benzene rings is 1. The van der Waals surface area contributed by atoms with Crippen LogP contribution in [-0.2, 0) is 20.7 Å². The van der Waals surface area contributed by atoms with Crippen molar-refractivity contribution in [3.63, 3.8) is 0 Å². The monoisotopic (exact) mass is 246 g/mol. The molecule has 0 aliphatic carbocycles. The summed E-state index contributed by atoms with van der Waals surface area (Å²) in [6.07, 6.45) is 1.89. The molecule has 0 radical (unpaired) electrons. The smallest absolute Gasteiger partial charge is 0.303 e. The molecule has 0 saturated carbocycles. The van der Waals surface area contributed by atoms with E-state index in [1.165, 1.54) is 0 Å². The van der Waals surface area contributed by atoms with Crippen molar-refractivity contribution in [1.82, 2.24) is 0 Å². The summed E-state index contributed by atoms with van der Waals surface area (Å²) < 4.78 is 5.97. The Kier molecular flexibility index (Phi) is 2.10. The van der Waals surface area contributed by atoms with Crippen LogP contribution in [0.2, 0.25) is 0 Å². The summed E-state index contributed by atoms with van der Waals surface area (Å²) in [5.74, 6) is -0.760. The largest absolute Gasteiger partial charge is 0.509 e. The number of carboxylic acids is 1. The molecule has 2 heterocycles. The van der Waals surface area contributed by atoms with Crippen molar-refractivity contribution in [2.75, 3.05) is 0 Å². The predicted octanol–water partition coefficient (Wildman–Crippen LogP) is 2.45. The summed E-state index contributed by atoms with van der Waals surface area (Å²) in [5.41, 5.74) is 0.282. The number of hydrogen-bond donors (Lipinski definition) is 2. The van der Waals surface area contributed by atoms with Crippen LogP contribution in [0.5, 0.6) is 0 Å². The van der Waals surface area contributed by atoms with Crippen molar-refractivity contribution in [2.24, 2.45) is 0 Å². The maximum atomic E-state index is 10.8. The molecule has 0 aromatic heterocycles. The summed E-state index contributed by atoms with van der Waals surface area (Å²) in [6.45, 7) is 1.89. The molecule has 18 heavy (non-hydrogen) atoms. The summed E-state index contributed by atoms with van der Waals surface area (Å²) in [6, 6.07) is 7.65. The highest BCUT2D eigenvalue weighted by Gasteiger charge is 2.58. The fourth-order valence-electron chi connectivity index (χ4n) is 3.01. The predicted molar refractivity (Wildman–Crippen MR) is 64.1 cm³/mol. The number of ether oxygens (including phenoxy) is 1. The van der Waals surface area contributed by atoms with Crippen LogP contribution < -0.4 is 0 Å². The molecule has 0 spiro atoms. The average molecular weight is 246 g/mol. The first-order chi connectivity index (χ1) is 8.48. The molecule has 2 N–H and O–H groups in total. The van der Waals surface area contributed by atoms with Crippen molar-refractivity contribution in [3.05, 3.63) is 47.2 Å². The Morgan fingerprint density at radius 1 is 1.33 bits per heavy atom. The van der Waals surface area contributed by atoms with Crippen LogP contribution in [0.1, 0.15) is 30.9 Å². The molecule has 4 heteroatoms. The second-order valence-electron chi connectivity index (χ2n) is 5.01. The van der Waals surface area contributed by atoms with E-state index in [1.807, 2.05) is 31.2 Å². The Bertz CT molecular complexity index is 563. The molecular formula is C14H14O4. The zero-order chi connectivity index (χ0) is 13.0. The molecule has 3 rings (SSSR count). The van der Waals surface area contributed by atoms with E-state index in [9.17, 15) is 9.90 Å². The van der Waals surface area contributed by atoms with E-state index in [0.29, 0.717) is 0 Å². The topological polar surface area (TPSA) is 66.8 Å². The summed E-state index contributed by atoms with van der Waals surface area (Å²) >= 11 is 0. The molecule has 0 fully saturated rings. The van der Waals surface area contributed by atoms with Gasteiger partial charge in [-0.1, -0.05) is 24.3 Å². The third-order valence-electron chi connectivity index (χ3n) is 3.80. The number of fused-ring (bicyclic) bond motifs is 5. The van der Waals surface area contributed by atoms with Crippen LogP contribution in [0, 0.1) is 0 Å². The first kappa shape index (κ1) is 11.3. The van der Waals surface area contributed by atoms with Gasteiger partial charge in [0.15, 0.2) is 5.60 Å². The van der Waals surface area contributed by atoms with Gasteiger partial charge in [0.2, 0.25) is 0 Å². The van der Waals surface area contributed by atoms with Gasteiger partial charge in [0.05, 0.1) is 0 Å². The molecule has 0 amide bonds. The van der Waals surface area contributed by atoms with Crippen molar-refractivity contribution >= 4 is 5.97 Å². The molecule has 2 atom stereocenters. The Balaban J connectivity index is 2.09. The minimum atomic E-state index is -0.969. The lowest BCUT2D eigenvalue weighted by Gasteiger charge is -2.26. The van der Waals surface area contributed by atoms with E-state index in [-0.39, 0.29) is 18.6 Å². The van der Waals surface area contributed by atoms with Gasteiger partial charge < -0.3 is 14.9 Å². The minimum absolute atomic E-state index is 0.0394. The second-order valence-corrected chi connectivity index (χ2v) is 5.01. The lowest BCUT2D eigenvalue weighted by atomic mass is 9.79. The van der Waals surface area contributed by atoms with Gasteiger partial charge in [-0.15, -0.1) is 0 Å². The average Bonchev–Trinajstić information content (AvgIpc) is 2.73. The third kappa shape index (κ3) is 1.26. The summed E-state index contributed by atoms with van der Waals surface area (Å²) in [4.78, 5) is 10.8. The number of aliphatic carboxylic acids is 1. The van der Waals surface area contributed by atoms with Gasteiger partial charge in [0.1, 0.15) is 11.4 Å². The van der Waals surface area contributed by atoms with Crippen LogP contribution in [-0.4, -0.2) is 16.2 Å².